The second-order valence-electron chi connectivity index (χ2n) is 5.57. The molecule has 23 heavy (non-hydrogen) atoms. The largest absolute Gasteiger partial charge is 0.394 e. The molecule has 2 fully saturated rings. The third-order valence-electron chi connectivity index (χ3n) is 3.91. The molecule has 2 aliphatic rings. The van der Waals surface area contributed by atoms with Gasteiger partial charge in [-0.3, -0.25) is 0 Å². The Balaban J connectivity index is 1.86. The standard InChI is InChI=1S/C12H22O11/c13-1-3(14)9-6(17)8(19)12(23-9)21-2-4(15)10-5(16)7(18)11(20)22-10/h3-20H,1-2H2/t3-,4-,5-,6-,7-,8-,9+,10+,11-,12-/m1/s1. The van der Waals surface area contributed by atoms with E-state index in [1.54, 1.807) is 0 Å². The van der Waals surface area contributed by atoms with Crippen LogP contribution < -0.4 is 0 Å². The van der Waals surface area contributed by atoms with Gasteiger partial charge in [0.05, 0.1) is 13.2 Å². The van der Waals surface area contributed by atoms with Crippen LogP contribution in [0.3, 0.4) is 0 Å². The van der Waals surface area contributed by atoms with E-state index in [9.17, 15) is 35.7 Å². The molecule has 2 rings (SSSR count). The molecular formula is C12H22O11. The maximum atomic E-state index is 9.87. The zero-order valence-corrected chi connectivity index (χ0v) is 12.0. The van der Waals surface area contributed by atoms with Crippen LogP contribution in [0.2, 0.25) is 0 Å². The summed E-state index contributed by atoms with van der Waals surface area (Å²) in [5.74, 6) is 0. The summed E-state index contributed by atoms with van der Waals surface area (Å²) in [7, 11) is 0. The zero-order valence-electron chi connectivity index (χ0n) is 12.0. The van der Waals surface area contributed by atoms with E-state index in [0.717, 1.165) is 0 Å². The average molecular weight is 342 g/mol. The van der Waals surface area contributed by atoms with E-state index in [2.05, 4.69) is 0 Å². The fraction of sp³-hybridized carbons (Fsp3) is 1.00. The summed E-state index contributed by atoms with van der Waals surface area (Å²) >= 11 is 0. The monoisotopic (exact) mass is 342 g/mol. The van der Waals surface area contributed by atoms with Crippen LogP contribution in [0, 0.1) is 0 Å². The van der Waals surface area contributed by atoms with Crippen molar-refractivity contribution in [1.29, 1.82) is 0 Å². The average Bonchev–Trinajstić information content (AvgIpc) is 2.96. The van der Waals surface area contributed by atoms with E-state index in [1.807, 2.05) is 0 Å². The molecular weight excluding hydrogens is 320 g/mol. The number of hydrogen-bond donors (Lipinski definition) is 8. The van der Waals surface area contributed by atoms with Gasteiger partial charge in [-0.15, -0.1) is 0 Å². The van der Waals surface area contributed by atoms with Crippen LogP contribution in [0.1, 0.15) is 0 Å². The van der Waals surface area contributed by atoms with Gasteiger partial charge in [0.1, 0.15) is 48.8 Å². The van der Waals surface area contributed by atoms with Crippen molar-refractivity contribution in [2.24, 2.45) is 0 Å². The molecule has 0 saturated carbocycles. The third kappa shape index (κ3) is 3.81. The lowest BCUT2D eigenvalue weighted by molar-refractivity contribution is -0.206. The SMILES string of the molecule is OC[C@@H](O)[C@@H]1O[C@@H](OC[C@@H](O)[C@@H]2O[C@@H](O)[C@H](O)[C@H]2O)[C@H](O)[C@H]1O. The zero-order chi connectivity index (χ0) is 17.3. The molecule has 8 N–H and O–H groups in total. The Morgan fingerprint density at radius 2 is 1.35 bits per heavy atom. The first kappa shape index (κ1) is 18.9. The highest BCUT2D eigenvalue weighted by atomic mass is 16.7. The summed E-state index contributed by atoms with van der Waals surface area (Å²) < 4.78 is 14.9. The van der Waals surface area contributed by atoms with Crippen LogP contribution >= 0.6 is 0 Å². The molecule has 0 amide bonds. The summed E-state index contributed by atoms with van der Waals surface area (Å²) in [5, 5.41) is 75.8. The fourth-order valence-corrected chi connectivity index (χ4v) is 2.52. The second-order valence-corrected chi connectivity index (χ2v) is 5.57. The van der Waals surface area contributed by atoms with Crippen LogP contribution in [0.5, 0.6) is 0 Å². The van der Waals surface area contributed by atoms with Gasteiger partial charge in [0.15, 0.2) is 12.6 Å². The van der Waals surface area contributed by atoms with Crippen molar-refractivity contribution in [2.45, 2.75) is 61.4 Å². The first-order chi connectivity index (χ1) is 10.8. The normalized spacial score (nSPS) is 47.0. The van der Waals surface area contributed by atoms with Crippen molar-refractivity contribution in [3.05, 3.63) is 0 Å². The predicted octanol–water partition coefficient (Wildman–Crippen LogP) is -5.40. The minimum Gasteiger partial charge on any atom is -0.394 e. The second kappa shape index (κ2) is 7.63. The quantitative estimate of drug-likeness (QED) is 0.230. The van der Waals surface area contributed by atoms with Crippen LogP contribution in [0.4, 0.5) is 0 Å². The maximum absolute atomic E-state index is 9.87. The van der Waals surface area contributed by atoms with Gasteiger partial charge in [-0.1, -0.05) is 0 Å². The van der Waals surface area contributed by atoms with E-state index in [0.29, 0.717) is 0 Å². The number of rotatable bonds is 6. The molecule has 0 bridgehead atoms. The van der Waals surface area contributed by atoms with Crippen molar-refractivity contribution in [3.8, 4) is 0 Å². The van der Waals surface area contributed by atoms with Crippen molar-refractivity contribution in [3.63, 3.8) is 0 Å². The van der Waals surface area contributed by atoms with Gasteiger partial charge in [-0.05, 0) is 0 Å². The van der Waals surface area contributed by atoms with E-state index in [1.165, 1.54) is 0 Å². The topological polar surface area (TPSA) is 190 Å². The molecule has 2 heterocycles. The minimum atomic E-state index is -1.65. The van der Waals surface area contributed by atoms with Crippen molar-refractivity contribution >= 4 is 0 Å². The Morgan fingerprint density at radius 1 is 0.783 bits per heavy atom. The summed E-state index contributed by atoms with van der Waals surface area (Å²) in [5.41, 5.74) is 0. The van der Waals surface area contributed by atoms with Gasteiger partial charge >= 0.3 is 0 Å². The molecule has 2 aliphatic heterocycles. The van der Waals surface area contributed by atoms with Gasteiger partial charge in [-0.25, -0.2) is 0 Å². The molecule has 0 aromatic rings. The molecule has 0 spiro atoms. The smallest absolute Gasteiger partial charge is 0.186 e. The Morgan fingerprint density at radius 3 is 1.87 bits per heavy atom. The molecule has 11 heteroatoms. The molecule has 10 atom stereocenters. The molecule has 11 nitrogen and oxygen atoms in total. The van der Waals surface area contributed by atoms with Crippen LogP contribution in [0.15, 0.2) is 0 Å². The van der Waals surface area contributed by atoms with Crippen molar-refractivity contribution < 1.29 is 55.1 Å². The van der Waals surface area contributed by atoms with Crippen molar-refractivity contribution in [2.75, 3.05) is 13.2 Å². The van der Waals surface area contributed by atoms with Crippen LogP contribution in [0.25, 0.3) is 0 Å². The highest BCUT2D eigenvalue weighted by molar-refractivity contribution is 4.92. The lowest BCUT2D eigenvalue weighted by atomic mass is 10.1. The lowest BCUT2D eigenvalue weighted by Crippen LogP contribution is -2.43. The number of aliphatic hydroxyl groups excluding tert-OH is 8. The Labute approximate surface area is 130 Å². The van der Waals surface area contributed by atoms with E-state index in [-0.39, 0.29) is 0 Å². The van der Waals surface area contributed by atoms with Crippen LogP contribution in [-0.4, -0.2) is 115 Å². The predicted molar refractivity (Wildman–Crippen MR) is 68.6 cm³/mol. The maximum Gasteiger partial charge on any atom is 0.186 e. The van der Waals surface area contributed by atoms with Gasteiger partial charge in [-0.2, -0.15) is 0 Å². The lowest BCUT2D eigenvalue weighted by Gasteiger charge is -2.23. The van der Waals surface area contributed by atoms with Gasteiger partial charge in [0.2, 0.25) is 0 Å². The molecule has 0 unspecified atom stereocenters. The number of ether oxygens (including phenoxy) is 3. The summed E-state index contributed by atoms with van der Waals surface area (Å²) in [6.45, 7) is -1.21. The molecule has 0 radical (unpaired) electrons. The summed E-state index contributed by atoms with van der Waals surface area (Å²) in [6, 6.07) is 0. The minimum absolute atomic E-state index is 0.516. The molecule has 0 aliphatic carbocycles. The molecule has 136 valence electrons. The fourth-order valence-electron chi connectivity index (χ4n) is 2.52. The van der Waals surface area contributed by atoms with Crippen molar-refractivity contribution in [1.82, 2.24) is 0 Å². The Bertz CT molecular complexity index is 382. The highest BCUT2D eigenvalue weighted by Crippen LogP contribution is 2.26. The Kier molecular flexibility index (Phi) is 6.27. The van der Waals surface area contributed by atoms with Gasteiger partial charge in [0.25, 0.3) is 0 Å². The molecule has 0 aromatic heterocycles. The van der Waals surface area contributed by atoms with E-state index >= 15 is 0 Å². The van der Waals surface area contributed by atoms with E-state index in [4.69, 9.17) is 19.3 Å². The summed E-state index contributed by atoms with van der Waals surface area (Å²) in [4.78, 5) is 0. The number of aliphatic hydroxyl groups is 8. The highest BCUT2D eigenvalue weighted by Gasteiger charge is 2.48. The molecule has 0 aromatic carbocycles. The Hall–Kier alpha value is -0.440. The summed E-state index contributed by atoms with van der Waals surface area (Å²) in [6.07, 6.45) is -14.7. The third-order valence-corrected chi connectivity index (χ3v) is 3.91. The number of hydrogen-bond acceptors (Lipinski definition) is 11. The van der Waals surface area contributed by atoms with E-state index < -0.39 is 74.6 Å². The van der Waals surface area contributed by atoms with Gasteiger partial charge in [0, 0.05) is 0 Å². The van der Waals surface area contributed by atoms with Crippen LogP contribution in [-0.2, 0) is 14.2 Å². The van der Waals surface area contributed by atoms with Gasteiger partial charge < -0.3 is 55.1 Å². The first-order valence-electron chi connectivity index (χ1n) is 7.07. The first-order valence-corrected chi connectivity index (χ1v) is 7.07. The molecule has 2 saturated heterocycles.